The molecule has 0 aromatic heterocycles. The van der Waals surface area contributed by atoms with Crippen LogP contribution in [0.3, 0.4) is 0 Å². The Balaban J connectivity index is 0.806. The lowest BCUT2D eigenvalue weighted by Crippen LogP contribution is -2.19. The minimum absolute atomic E-state index is 0.351. The highest BCUT2D eigenvalue weighted by Crippen LogP contribution is 2.38. The molecule has 0 heterocycles. The SMILES string of the molecule is COc1ccc(N(c2ccccc2)c2ccc(C=Cc3ccc(C=Cc4ccc(N(c5ccccc5)c5ccc(OC(=O)Oc6ccc(C(C)(C)c7ccc(OC(C)=O)cc7)cc6)cc5)cc4)cc3)cc2)cc1. The second-order valence-corrected chi connectivity index (χ2v) is 17.8. The standard InChI is InChI=1S/C65H54N2O6/c1-47(68)71-61-39-27-52(28-40-61)65(2,3)53-29-41-62(42-30-53)72-64(69)73-63-45-37-59(38-46-63)67(55-13-9-6-10-14-55)57-33-25-51(26-34-57)22-20-49-17-15-48(16-18-49)19-21-50-23-31-56(32-24-50)66(54-11-7-5-8-12-54)58-35-43-60(70-4)44-36-58/h5-46H,1-4H3. The summed E-state index contributed by atoms with van der Waals surface area (Å²) >= 11 is 0. The van der Waals surface area contributed by atoms with Gasteiger partial charge in [-0.1, -0.05) is 147 Å². The van der Waals surface area contributed by atoms with Gasteiger partial charge in [0.2, 0.25) is 0 Å². The molecule has 0 aliphatic heterocycles. The molecule has 0 atom stereocenters. The number of esters is 1. The molecule has 8 heteroatoms. The zero-order valence-corrected chi connectivity index (χ0v) is 41.1. The molecule has 0 spiro atoms. The quantitative estimate of drug-likeness (QED) is 0.0410. The molecule has 9 aromatic carbocycles. The van der Waals surface area contributed by atoms with Crippen LogP contribution >= 0.6 is 0 Å². The maximum atomic E-state index is 12.9. The molecule has 0 saturated heterocycles. The molecule has 360 valence electrons. The third-order valence-corrected chi connectivity index (χ3v) is 12.4. The van der Waals surface area contributed by atoms with Gasteiger partial charge in [0.25, 0.3) is 0 Å². The second kappa shape index (κ2) is 22.6. The molecule has 0 bridgehead atoms. The Hall–Kier alpha value is -9.40. The van der Waals surface area contributed by atoms with E-state index in [1.54, 1.807) is 43.5 Å². The fraction of sp³-hybridized carbons (Fsp3) is 0.0769. The number of carbonyl (C=O) groups is 2. The highest BCUT2D eigenvalue weighted by Gasteiger charge is 2.24. The van der Waals surface area contributed by atoms with Crippen molar-refractivity contribution in [3.05, 3.63) is 264 Å². The maximum Gasteiger partial charge on any atom is 0.519 e. The van der Waals surface area contributed by atoms with Gasteiger partial charge in [0.15, 0.2) is 0 Å². The summed E-state index contributed by atoms with van der Waals surface area (Å²) in [4.78, 5) is 28.6. The van der Waals surface area contributed by atoms with Crippen LogP contribution in [0.1, 0.15) is 54.2 Å². The molecule has 0 fully saturated rings. The Bertz CT molecular complexity index is 3300. The van der Waals surface area contributed by atoms with Crippen LogP contribution in [0, 0.1) is 0 Å². The predicted molar refractivity (Wildman–Crippen MR) is 296 cm³/mol. The number of hydrogen-bond acceptors (Lipinski definition) is 8. The minimum Gasteiger partial charge on any atom is -0.497 e. The summed E-state index contributed by atoms with van der Waals surface area (Å²) in [6, 6.07) is 76.2. The molecule has 0 aliphatic rings. The Kier molecular flexibility index (Phi) is 15.0. The summed E-state index contributed by atoms with van der Waals surface area (Å²) in [6.07, 6.45) is 7.66. The lowest BCUT2D eigenvalue weighted by atomic mass is 9.78. The Morgan fingerprint density at radius 1 is 0.356 bits per heavy atom. The van der Waals surface area contributed by atoms with Crippen LogP contribution in [0.25, 0.3) is 24.3 Å². The number of anilines is 6. The maximum absolute atomic E-state index is 12.9. The number of rotatable bonds is 16. The van der Waals surface area contributed by atoms with Crippen molar-refractivity contribution in [1.29, 1.82) is 0 Å². The largest absolute Gasteiger partial charge is 0.519 e. The molecule has 9 rings (SSSR count). The van der Waals surface area contributed by atoms with Gasteiger partial charge in [0, 0.05) is 46.5 Å². The number of methoxy groups -OCH3 is 1. The third kappa shape index (κ3) is 12.3. The van der Waals surface area contributed by atoms with Gasteiger partial charge in [-0.2, -0.15) is 0 Å². The van der Waals surface area contributed by atoms with Gasteiger partial charge in [-0.05, 0) is 155 Å². The average molecular weight is 959 g/mol. The van der Waals surface area contributed by atoms with E-state index in [1.165, 1.54) is 6.92 Å². The van der Waals surface area contributed by atoms with E-state index in [0.717, 1.165) is 73.3 Å². The Morgan fingerprint density at radius 2 is 0.630 bits per heavy atom. The molecule has 0 aliphatic carbocycles. The van der Waals surface area contributed by atoms with Crippen LogP contribution in [-0.2, 0) is 10.2 Å². The topological polar surface area (TPSA) is 77.5 Å². The van der Waals surface area contributed by atoms with Gasteiger partial charge in [0.05, 0.1) is 7.11 Å². The Labute approximate surface area is 427 Å². The van der Waals surface area contributed by atoms with Crippen molar-refractivity contribution in [3.8, 4) is 23.0 Å². The van der Waals surface area contributed by atoms with Crippen LogP contribution in [0.15, 0.2) is 231 Å². The molecule has 9 aromatic rings. The van der Waals surface area contributed by atoms with Crippen LogP contribution in [0.5, 0.6) is 23.0 Å². The van der Waals surface area contributed by atoms with Crippen molar-refractivity contribution >= 4 is 70.6 Å². The van der Waals surface area contributed by atoms with Crippen LogP contribution in [0.4, 0.5) is 38.9 Å². The average Bonchev–Trinajstić information content (AvgIpc) is 3.42. The summed E-state index contributed by atoms with van der Waals surface area (Å²) in [5, 5.41) is 0. The Morgan fingerprint density at radius 3 is 0.959 bits per heavy atom. The van der Waals surface area contributed by atoms with Crippen molar-refractivity contribution < 1.29 is 28.5 Å². The van der Waals surface area contributed by atoms with E-state index < -0.39 is 6.16 Å². The molecule has 0 amide bonds. The summed E-state index contributed by atoms with van der Waals surface area (Å²) in [7, 11) is 1.68. The summed E-state index contributed by atoms with van der Waals surface area (Å²) in [5.41, 5.74) is 12.1. The highest BCUT2D eigenvalue weighted by molar-refractivity contribution is 5.81. The van der Waals surface area contributed by atoms with Crippen LogP contribution < -0.4 is 28.7 Å². The van der Waals surface area contributed by atoms with Gasteiger partial charge in [-0.3, -0.25) is 4.79 Å². The van der Waals surface area contributed by atoms with Gasteiger partial charge in [-0.25, -0.2) is 4.79 Å². The normalized spacial score (nSPS) is 11.3. The van der Waals surface area contributed by atoms with E-state index in [4.69, 9.17) is 18.9 Å². The van der Waals surface area contributed by atoms with Crippen molar-refractivity contribution in [2.45, 2.75) is 26.2 Å². The molecule has 73 heavy (non-hydrogen) atoms. The molecule has 0 saturated carbocycles. The molecule has 0 radical (unpaired) electrons. The van der Waals surface area contributed by atoms with E-state index in [2.05, 4.69) is 169 Å². The van der Waals surface area contributed by atoms with Crippen LogP contribution in [-0.4, -0.2) is 19.2 Å². The number of nitrogens with zero attached hydrogens (tertiary/aromatic N) is 2. The van der Waals surface area contributed by atoms with Gasteiger partial charge < -0.3 is 28.7 Å². The number of ether oxygens (including phenoxy) is 4. The number of carbonyl (C=O) groups excluding carboxylic acids is 2. The number of benzene rings is 9. The second-order valence-electron chi connectivity index (χ2n) is 17.8. The monoisotopic (exact) mass is 958 g/mol. The first-order chi connectivity index (χ1) is 35.6. The van der Waals surface area contributed by atoms with E-state index in [1.807, 2.05) is 72.8 Å². The zero-order chi connectivity index (χ0) is 50.6. The van der Waals surface area contributed by atoms with Crippen molar-refractivity contribution in [1.82, 2.24) is 0 Å². The van der Waals surface area contributed by atoms with Gasteiger partial charge in [-0.15, -0.1) is 0 Å². The molecule has 0 N–H and O–H groups in total. The molecular weight excluding hydrogens is 905 g/mol. The number of hydrogen-bond donors (Lipinski definition) is 0. The smallest absolute Gasteiger partial charge is 0.497 e. The fourth-order valence-corrected chi connectivity index (χ4v) is 8.44. The van der Waals surface area contributed by atoms with Gasteiger partial charge >= 0.3 is 12.1 Å². The molecular formula is C65H54N2O6. The molecule has 0 unspecified atom stereocenters. The fourth-order valence-electron chi connectivity index (χ4n) is 8.44. The van der Waals surface area contributed by atoms with Crippen molar-refractivity contribution in [3.63, 3.8) is 0 Å². The van der Waals surface area contributed by atoms with Crippen LogP contribution in [0.2, 0.25) is 0 Å². The highest BCUT2D eigenvalue weighted by atomic mass is 16.7. The zero-order valence-electron chi connectivity index (χ0n) is 41.1. The van der Waals surface area contributed by atoms with E-state index in [9.17, 15) is 9.59 Å². The van der Waals surface area contributed by atoms with Gasteiger partial charge in [0.1, 0.15) is 23.0 Å². The first-order valence-corrected chi connectivity index (χ1v) is 24.0. The van der Waals surface area contributed by atoms with Crippen molar-refractivity contribution in [2.24, 2.45) is 0 Å². The van der Waals surface area contributed by atoms with E-state index in [0.29, 0.717) is 17.2 Å². The lowest BCUT2D eigenvalue weighted by Gasteiger charge is -2.26. The first-order valence-electron chi connectivity index (χ1n) is 24.0. The lowest BCUT2D eigenvalue weighted by molar-refractivity contribution is -0.131. The van der Waals surface area contributed by atoms with E-state index in [-0.39, 0.29) is 11.4 Å². The summed E-state index contributed by atoms with van der Waals surface area (Å²) in [6.45, 7) is 5.57. The summed E-state index contributed by atoms with van der Waals surface area (Å²) < 4.78 is 21.7. The third-order valence-electron chi connectivity index (χ3n) is 12.4. The van der Waals surface area contributed by atoms with E-state index >= 15 is 0 Å². The first kappa shape index (κ1) is 48.6. The number of para-hydroxylation sites is 2. The molecule has 8 nitrogen and oxygen atoms in total. The predicted octanol–water partition coefficient (Wildman–Crippen LogP) is 16.8. The summed E-state index contributed by atoms with van der Waals surface area (Å²) in [5.74, 6) is 1.66. The minimum atomic E-state index is -0.840. The van der Waals surface area contributed by atoms with Crippen molar-refractivity contribution in [2.75, 3.05) is 16.9 Å².